The molecule has 96 valence electrons. The number of nitrogens with zero attached hydrogens (tertiary/aromatic N) is 1. The average Bonchev–Trinajstić information content (AvgIpc) is 2.39. The summed E-state index contributed by atoms with van der Waals surface area (Å²) in [6.45, 7) is 1.93. The van der Waals surface area contributed by atoms with Gasteiger partial charge in [0.1, 0.15) is 11.9 Å². The lowest BCUT2D eigenvalue weighted by Gasteiger charge is -2.15. The van der Waals surface area contributed by atoms with Crippen molar-refractivity contribution >= 4 is 17.3 Å². The van der Waals surface area contributed by atoms with Gasteiger partial charge in [-0.05, 0) is 30.7 Å². The second-order valence-corrected chi connectivity index (χ2v) is 4.62. The van der Waals surface area contributed by atoms with Gasteiger partial charge in [0.2, 0.25) is 0 Å². The van der Waals surface area contributed by atoms with Crippen molar-refractivity contribution in [2.24, 2.45) is 0 Å². The second kappa shape index (κ2) is 5.73. The Balaban J connectivity index is 2.31. The minimum absolute atomic E-state index is 0.287. The Morgan fingerprint density at radius 2 is 2.00 bits per heavy atom. The van der Waals surface area contributed by atoms with Crippen LogP contribution in [0.15, 0.2) is 42.5 Å². The van der Waals surface area contributed by atoms with Crippen molar-refractivity contribution in [3.05, 3.63) is 64.4 Å². The predicted molar refractivity (Wildman–Crippen MR) is 74.6 cm³/mol. The maximum Gasteiger partial charge on any atom is 0.143 e. The summed E-state index contributed by atoms with van der Waals surface area (Å²) in [5.74, 6) is -0.486. The zero-order chi connectivity index (χ0) is 13.8. The summed E-state index contributed by atoms with van der Waals surface area (Å²) in [5.41, 5.74) is 2.09. The van der Waals surface area contributed by atoms with Crippen molar-refractivity contribution < 1.29 is 4.39 Å². The summed E-state index contributed by atoms with van der Waals surface area (Å²) in [6, 6.07) is 13.2. The third-order valence-electron chi connectivity index (χ3n) is 2.85. The van der Waals surface area contributed by atoms with Gasteiger partial charge in [0.05, 0.1) is 6.07 Å². The second-order valence-electron chi connectivity index (χ2n) is 4.19. The van der Waals surface area contributed by atoms with E-state index >= 15 is 0 Å². The molecular weight excluding hydrogens is 263 g/mol. The van der Waals surface area contributed by atoms with Crippen LogP contribution in [0.25, 0.3) is 0 Å². The lowest BCUT2D eigenvalue weighted by atomic mass is 10.1. The number of hydrogen-bond donors (Lipinski definition) is 1. The number of halogens is 2. The molecule has 1 atom stereocenters. The maximum absolute atomic E-state index is 13.8. The number of nitriles is 1. The van der Waals surface area contributed by atoms with E-state index < -0.39 is 11.9 Å². The van der Waals surface area contributed by atoms with Gasteiger partial charge in [0.15, 0.2) is 0 Å². The first-order chi connectivity index (χ1) is 9.11. The molecule has 0 amide bonds. The van der Waals surface area contributed by atoms with Gasteiger partial charge in [-0.15, -0.1) is 0 Å². The van der Waals surface area contributed by atoms with Gasteiger partial charge in [-0.1, -0.05) is 35.9 Å². The minimum atomic E-state index is -0.752. The minimum Gasteiger partial charge on any atom is -0.366 e. The van der Waals surface area contributed by atoms with E-state index in [1.54, 1.807) is 6.07 Å². The van der Waals surface area contributed by atoms with E-state index in [4.69, 9.17) is 11.6 Å². The Kier molecular flexibility index (Phi) is 4.03. The van der Waals surface area contributed by atoms with Crippen LogP contribution in [0, 0.1) is 24.1 Å². The summed E-state index contributed by atoms with van der Waals surface area (Å²) >= 11 is 5.71. The Morgan fingerprint density at radius 3 is 2.63 bits per heavy atom. The van der Waals surface area contributed by atoms with E-state index in [2.05, 4.69) is 11.4 Å². The van der Waals surface area contributed by atoms with Crippen LogP contribution in [0.1, 0.15) is 17.2 Å². The van der Waals surface area contributed by atoms with Crippen LogP contribution in [0.2, 0.25) is 5.02 Å². The van der Waals surface area contributed by atoms with Crippen molar-refractivity contribution in [3.8, 4) is 6.07 Å². The van der Waals surface area contributed by atoms with E-state index in [1.165, 1.54) is 12.1 Å². The first-order valence-corrected chi connectivity index (χ1v) is 6.16. The molecule has 0 bridgehead atoms. The molecule has 0 heterocycles. The van der Waals surface area contributed by atoms with E-state index in [1.807, 2.05) is 31.2 Å². The fraction of sp³-hybridized carbons (Fsp3) is 0.133. The Morgan fingerprint density at radius 1 is 1.26 bits per heavy atom. The van der Waals surface area contributed by atoms with E-state index in [9.17, 15) is 9.65 Å². The maximum atomic E-state index is 13.8. The highest BCUT2D eigenvalue weighted by atomic mass is 35.5. The highest BCUT2D eigenvalue weighted by molar-refractivity contribution is 6.30. The Labute approximate surface area is 116 Å². The quantitative estimate of drug-likeness (QED) is 0.897. The molecule has 0 fully saturated rings. The molecule has 19 heavy (non-hydrogen) atoms. The predicted octanol–water partition coefficient (Wildman–Crippen LogP) is 4.46. The number of para-hydroxylation sites is 1. The molecule has 0 saturated heterocycles. The molecule has 1 N–H and O–H groups in total. The molecule has 4 heteroatoms. The number of hydrogen-bond acceptors (Lipinski definition) is 2. The van der Waals surface area contributed by atoms with Crippen LogP contribution in [0.4, 0.5) is 10.1 Å². The number of aryl methyl sites for hydroxylation is 1. The van der Waals surface area contributed by atoms with Gasteiger partial charge in [-0.3, -0.25) is 0 Å². The van der Waals surface area contributed by atoms with Crippen molar-refractivity contribution in [3.63, 3.8) is 0 Å². The zero-order valence-corrected chi connectivity index (χ0v) is 11.1. The zero-order valence-electron chi connectivity index (χ0n) is 10.3. The van der Waals surface area contributed by atoms with Crippen molar-refractivity contribution in [1.29, 1.82) is 5.26 Å². The Hall–Kier alpha value is -2.05. The highest BCUT2D eigenvalue weighted by Gasteiger charge is 2.15. The van der Waals surface area contributed by atoms with Gasteiger partial charge in [-0.25, -0.2) is 4.39 Å². The van der Waals surface area contributed by atoms with Gasteiger partial charge in [0.25, 0.3) is 0 Å². The molecule has 0 aliphatic heterocycles. The van der Waals surface area contributed by atoms with Crippen molar-refractivity contribution in [1.82, 2.24) is 0 Å². The topological polar surface area (TPSA) is 35.8 Å². The van der Waals surface area contributed by atoms with Crippen LogP contribution in [-0.2, 0) is 0 Å². The molecule has 2 nitrogen and oxygen atoms in total. The molecule has 0 saturated carbocycles. The van der Waals surface area contributed by atoms with E-state index in [-0.39, 0.29) is 5.56 Å². The standard InChI is InChI=1S/C15H12ClFN2/c1-10-4-2-3-5-14(10)19-15(9-18)12-7-6-11(16)8-13(12)17/h2-8,15,19H,1H3. The number of rotatable bonds is 3. The van der Waals surface area contributed by atoms with Crippen LogP contribution in [-0.4, -0.2) is 0 Å². The van der Waals surface area contributed by atoms with Crippen molar-refractivity contribution in [2.75, 3.05) is 5.32 Å². The molecule has 0 aromatic heterocycles. The monoisotopic (exact) mass is 274 g/mol. The van der Waals surface area contributed by atoms with Crippen molar-refractivity contribution in [2.45, 2.75) is 13.0 Å². The number of anilines is 1. The molecular formula is C15H12ClFN2. The third kappa shape index (κ3) is 3.04. The lowest BCUT2D eigenvalue weighted by Crippen LogP contribution is -2.11. The summed E-state index contributed by atoms with van der Waals surface area (Å²) in [5, 5.41) is 12.6. The summed E-state index contributed by atoms with van der Waals surface area (Å²) in [6.07, 6.45) is 0. The van der Waals surface area contributed by atoms with Gasteiger partial charge in [0, 0.05) is 16.3 Å². The summed E-state index contributed by atoms with van der Waals surface area (Å²) < 4.78 is 13.8. The molecule has 0 aliphatic carbocycles. The fourth-order valence-corrected chi connectivity index (χ4v) is 1.96. The molecule has 0 spiro atoms. The lowest BCUT2D eigenvalue weighted by molar-refractivity contribution is 0.607. The third-order valence-corrected chi connectivity index (χ3v) is 3.08. The SMILES string of the molecule is Cc1ccccc1NC(C#N)c1ccc(Cl)cc1F. The molecule has 2 rings (SSSR count). The first-order valence-electron chi connectivity index (χ1n) is 5.78. The first kappa shape index (κ1) is 13.4. The van der Waals surface area contributed by atoms with Gasteiger partial charge >= 0.3 is 0 Å². The highest BCUT2D eigenvalue weighted by Crippen LogP contribution is 2.25. The Bertz CT molecular complexity index is 634. The fourth-order valence-electron chi connectivity index (χ4n) is 1.81. The van der Waals surface area contributed by atoms with Crippen LogP contribution in [0.3, 0.4) is 0 Å². The molecule has 2 aromatic rings. The molecule has 2 aromatic carbocycles. The largest absolute Gasteiger partial charge is 0.366 e. The van der Waals surface area contributed by atoms with Gasteiger partial charge in [-0.2, -0.15) is 5.26 Å². The van der Waals surface area contributed by atoms with Crippen LogP contribution >= 0.6 is 11.6 Å². The number of benzene rings is 2. The van der Waals surface area contributed by atoms with E-state index in [0.29, 0.717) is 5.02 Å². The van der Waals surface area contributed by atoms with Gasteiger partial charge < -0.3 is 5.32 Å². The summed E-state index contributed by atoms with van der Waals surface area (Å²) in [4.78, 5) is 0. The molecule has 0 aliphatic rings. The normalized spacial score (nSPS) is 11.7. The smallest absolute Gasteiger partial charge is 0.143 e. The summed E-state index contributed by atoms with van der Waals surface area (Å²) in [7, 11) is 0. The van der Waals surface area contributed by atoms with Crippen LogP contribution < -0.4 is 5.32 Å². The van der Waals surface area contributed by atoms with E-state index in [0.717, 1.165) is 11.3 Å². The molecule has 0 radical (unpaired) electrons. The van der Waals surface area contributed by atoms with Crippen LogP contribution in [0.5, 0.6) is 0 Å². The molecule has 1 unspecified atom stereocenters. The average molecular weight is 275 g/mol. The number of nitrogens with one attached hydrogen (secondary N) is 1.